The van der Waals surface area contributed by atoms with Crippen LogP contribution in [0.25, 0.3) is 0 Å². The van der Waals surface area contributed by atoms with Gasteiger partial charge in [-0.15, -0.1) is 0 Å². The molecular weight excluding hydrogens is 262 g/mol. The van der Waals surface area contributed by atoms with Crippen molar-refractivity contribution in [3.63, 3.8) is 0 Å². The minimum Gasteiger partial charge on any atom is -0.493 e. The van der Waals surface area contributed by atoms with Gasteiger partial charge in [-0.25, -0.2) is 0 Å². The Bertz CT molecular complexity index is 566. The number of nitrogens with one attached hydrogen (secondary N) is 1. The molecule has 0 saturated carbocycles. The summed E-state index contributed by atoms with van der Waals surface area (Å²) in [6.07, 6.45) is 4.80. The van der Waals surface area contributed by atoms with Gasteiger partial charge in [0, 0.05) is 26.2 Å². The molecule has 4 nitrogen and oxygen atoms in total. The molecule has 0 aliphatic carbocycles. The predicted octanol–water partition coefficient (Wildman–Crippen LogP) is 2.77. The Morgan fingerprint density at radius 3 is 2.48 bits per heavy atom. The highest BCUT2D eigenvalue weighted by Gasteiger charge is 2.07. The SMILES string of the molecule is CCNCc1cc(C)c(OCCc2cnn(C)c2)c(C)c1. The first kappa shape index (κ1) is 15.6. The second-order valence-electron chi connectivity index (χ2n) is 5.46. The summed E-state index contributed by atoms with van der Waals surface area (Å²) in [5.41, 5.74) is 4.92. The molecule has 1 heterocycles. The molecule has 0 unspecified atom stereocenters. The summed E-state index contributed by atoms with van der Waals surface area (Å²) in [6.45, 7) is 8.93. The number of ether oxygens (including phenoxy) is 1. The Kier molecular flexibility index (Phi) is 5.39. The Morgan fingerprint density at radius 2 is 1.90 bits per heavy atom. The summed E-state index contributed by atoms with van der Waals surface area (Å²) in [6, 6.07) is 4.41. The summed E-state index contributed by atoms with van der Waals surface area (Å²) >= 11 is 0. The van der Waals surface area contributed by atoms with Gasteiger partial charge in [0.1, 0.15) is 5.75 Å². The normalized spacial score (nSPS) is 10.9. The second kappa shape index (κ2) is 7.27. The Labute approximate surface area is 127 Å². The highest BCUT2D eigenvalue weighted by molar-refractivity contribution is 5.43. The molecule has 0 fully saturated rings. The van der Waals surface area contributed by atoms with E-state index < -0.39 is 0 Å². The fraction of sp³-hybridized carbons (Fsp3) is 0.471. The lowest BCUT2D eigenvalue weighted by molar-refractivity contribution is 0.317. The third-order valence-electron chi connectivity index (χ3n) is 3.49. The van der Waals surface area contributed by atoms with Gasteiger partial charge in [-0.3, -0.25) is 4.68 Å². The van der Waals surface area contributed by atoms with Gasteiger partial charge in [0.15, 0.2) is 0 Å². The zero-order valence-corrected chi connectivity index (χ0v) is 13.4. The molecule has 2 rings (SSSR count). The van der Waals surface area contributed by atoms with E-state index in [1.54, 1.807) is 0 Å². The lowest BCUT2D eigenvalue weighted by Gasteiger charge is -2.14. The van der Waals surface area contributed by atoms with Crippen molar-refractivity contribution in [1.82, 2.24) is 15.1 Å². The highest BCUT2D eigenvalue weighted by atomic mass is 16.5. The Balaban J connectivity index is 1.96. The van der Waals surface area contributed by atoms with E-state index in [2.05, 4.69) is 43.3 Å². The minimum absolute atomic E-state index is 0.680. The van der Waals surface area contributed by atoms with E-state index in [-0.39, 0.29) is 0 Å². The van der Waals surface area contributed by atoms with Crippen LogP contribution in [0.5, 0.6) is 5.75 Å². The first-order valence-corrected chi connectivity index (χ1v) is 7.51. The monoisotopic (exact) mass is 287 g/mol. The summed E-state index contributed by atoms with van der Waals surface area (Å²) < 4.78 is 7.80. The first-order valence-electron chi connectivity index (χ1n) is 7.51. The molecule has 0 aliphatic rings. The van der Waals surface area contributed by atoms with Crippen molar-refractivity contribution < 1.29 is 4.74 Å². The molecule has 0 aliphatic heterocycles. The standard InChI is InChI=1S/C17H25N3O/c1-5-18-10-16-8-13(2)17(14(3)9-16)21-7-6-15-11-19-20(4)12-15/h8-9,11-12,18H,5-7,10H2,1-4H3. The smallest absolute Gasteiger partial charge is 0.125 e. The van der Waals surface area contributed by atoms with E-state index in [1.807, 2.05) is 24.1 Å². The molecule has 0 spiro atoms. The van der Waals surface area contributed by atoms with Crippen molar-refractivity contribution >= 4 is 0 Å². The van der Waals surface area contributed by atoms with Crippen LogP contribution >= 0.6 is 0 Å². The molecule has 4 heteroatoms. The predicted molar refractivity (Wildman–Crippen MR) is 85.7 cm³/mol. The van der Waals surface area contributed by atoms with Crippen LogP contribution in [-0.2, 0) is 20.0 Å². The van der Waals surface area contributed by atoms with Crippen molar-refractivity contribution in [1.29, 1.82) is 0 Å². The highest BCUT2D eigenvalue weighted by Crippen LogP contribution is 2.25. The maximum absolute atomic E-state index is 5.98. The minimum atomic E-state index is 0.680. The molecular formula is C17H25N3O. The van der Waals surface area contributed by atoms with Crippen LogP contribution in [0.4, 0.5) is 0 Å². The van der Waals surface area contributed by atoms with Gasteiger partial charge in [-0.2, -0.15) is 5.10 Å². The molecule has 21 heavy (non-hydrogen) atoms. The zero-order chi connectivity index (χ0) is 15.2. The molecule has 1 aromatic carbocycles. The number of aromatic nitrogens is 2. The number of hydrogen-bond donors (Lipinski definition) is 1. The van der Waals surface area contributed by atoms with E-state index in [0.29, 0.717) is 6.61 Å². The van der Waals surface area contributed by atoms with Gasteiger partial charge in [0.05, 0.1) is 12.8 Å². The fourth-order valence-electron chi connectivity index (χ4n) is 2.51. The van der Waals surface area contributed by atoms with Crippen LogP contribution in [0, 0.1) is 13.8 Å². The molecule has 1 aromatic heterocycles. The molecule has 114 valence electrons. The Hall–Kier alpha value is -1.81. The fourth-order valence-corrected chi connectivity index (χ4v) is 2.51. The average molecular weight is 287 g/mol. The second-order valence-corrected chi connectivity index (χ2v) is 5.46. The molecule has 0 radical (unpaired) electrons. The third-order valence-corrected chi connectivity index (χ3v) is 3.49. The molecule has 2 aromatic rings. The summed E-state index contributed by atoms with van der Waals surface area (Å²) in [4.78, 5) is 0. The number of nitrogens with zero attached hydrogens (tertiary/aromatic N) is 2. The van der Waals surface area contributed by atoms with E-state index in [1.165, 1.54) is 22.3 Å². The van der Waals surface area contributed by atoms with Gasteiger partial charge in [0.2, 0.25) is 0 Å². The Morgan fingerprint density at radius 1 is 1.19 bits per heavy atom. The maximum Gasteiger partial charge on any atom is 0.125 e. The van der Waals surface area contributed by atoms with Crippen molar-refractivity contribution in [3.05, 3.63) is 46.8 Å². The van der Waals surface area contributed by atoms with Crippen molar-refractivity contribution in [3.8, 4) is 5.75 Å². The third kappa shape index (κ3) is 4.33. The molecule has 0 saturated heterocycles. The molecule has 0 bridgehead atoms. The van der Waals surface area contributed by atoms with Gasteiger partial charge in [-0.05, 0) is 42.6 Å². The van der Waals surface area contributed by atoms with E-state index in [4.69, 9.17) is 4.74 Å². The van der Waals surface area contributed by atoms with Crippen molar-refractivity contribution in [2.75, 3.05) is 13.2 Å². The maximum atomic E-state index is 5.98. The first-order chi connectivity index (χ1) is 10.1. The lowest BCUT2D eigenvalue weighted by atomic mass is 10.1. The van der Waals surface area contributed by atoms with Gasteiger partial charge < -0.3 is 10.1 Å². The van der Waals surface area contributed by atoms with Crippen LogP contribution in [-0.4, -0.2) is 22.9 Å². The van der Waals surface area contributed by atoms with Crippen LogP contribution in [0.3, 0.4) is 0 Å². The number of rotatable bonds is 7. The van der Waals surface area contributed by atoms with Crippen LogP contribution < -0.4 is 10.1 Å². The molecule has 0 amide bonds. The summed E-state index contributed by atoms with van der Waals surface area (Å²) in [5, 5.41) is 7.53. The van der Waals surface area contributed by atoms with Crippen LogP contribution in [0.15, 0.2) is 24.5 Å². The largest absolute Gasteiger partial charge is 0.493 e. The van der Waals surface area contributed by atoms with E-state index in [0.717, 1.165) is 25.3 Å². The summed E-state index contributed by atoms with van der Waals surface area (Å²) in [7, 11) is 1.93. The number of hydrogen-bond acceptors (Lipinski definition) is 3. The molecule has 0 atom stereocenters. The quantitative estimate of drug-likeness (QED) is 0.851. The number of benzene rings is 1. The van der Waals surface area contributed by atoms with Crippen LogP contribution in [0.2, 0.25) is 0 Å². The summed E-state index contributed by atoms with van der Waals surface area (Å²) in [5.74, 6) is 1.01. The topological polar surface area (TPSA) is 39.1 Å². The zero-order valence-electron chi connectivity index (χ0n) is 13.4. The van der Waals surface area contributed by atoms with Crippen LogP contribution in [0.1, 0.15) is 29.2 Å². The van der Waals surface area contributed by atoms with E-state index in [9.17, 15) is 0 Å². The van der Waals surface area contributed by atoms with Crippen molar-refractivity contribution in [2.45, 2.75) is 33.7 Å². The van der Waals surface area contributed by atoms with Gasteiger partial charge in [-0.1, -0.05) is 19.1 Å². The lowest BCUT2D eigenvalue weighted by Crippen LogP contribution is -2.12. The van der Waals surface area contributed by atoms with E-state index >= 15 is 0 Å². The van der Waals surface area contributed by atoms with Gasteiger partial charge in [0.25, 0.3) is 0 Å². The number of aryl methyl sites for hydroxylation is 3. The average Bonchev–Trinajstić information content (AvgIpc) is 2.85. The molecule has 1 N–H and O–H groups in total. The van der Waals surface area contributed by atoms with Gasteiger partial charge >= 0.3 is 0 Å². The van der Waals surface area contributed by atoms with Crippen molar-refractivity contribution in [2.24, 2.45) is 7.05 Å².